The van der Waals surface area contributed by atoms with Crippen molar-refractivity contribution >= 4 is 12.0 Å². The lowest BCUT2D eigenvalue weighted by atomic mass is 10.2. The molecule has 0 fully saturated rings. The molecule has 0 aromatic heterocycles. The van der Waals surface area contributed by atoms with E-state index in [-0.39, 0.29) is 0 Å². The van der Waals surface area contributed by atoms with Crippen molar-refractivity contribution in [2.75, 3.05) is 5.43 Å². The number of hydrogen-bond acceptors (Lipinski definition) is 3. The highest BCUT2D eigenvalue weighted by atomic mass is 15.3. The van der Waals surface area contributed by atoms with Gasteiger partial charge in [0, 0.05) is 0 Å². The van der Waals surface area contributed by atoms with E-state index in [1.807, 2.05) is 6.07 Å². The molecule has 0 radical (unpaired) electrons. The van der Waals surface area contributed by atoms with Crippen molar-refractivity contribution in [2.24, 2.45) is 10.8 Å². The third kappa shape index (κ3) is 1.99. The van der Waals surface area contributed by atoms with E-state index in [1.54, 1.807) is 24.3 Å². The third-order valence-corrected chi connectivity index (χ3v) is 1.28. The average Bonchev–Trinajstić information content (AvgIpc) is 2.15. The van der Waals surface area contributed by atoms with Crippen molar-refractivity contribution in [3.05, 3.63) is 29.8 Å². The second kappa shape index (κ2) is 3.98. The van der Waals surface area contributed by atoms with Crippen molar-refractivity contribution < 1.29 is 0 Å². The van der Waals surface area contributed by atoms with Gasteiger partial charge in [-0.05, 0) is 24.3 Å². The summed E-state index contributed by atoms with van der Waals surface area (Å²) in [5.41, 5.74) is 9.13. The molecule has 0 aliphatic rings. The molecule has 1 rings (SSSR count). The van der Waals surface area contributed by atoms with Gasteiger partial charge in [0.2, 0.25) is 0 Å². The molecule has 12 heavy (non-hydrogen) atoms. The van der Waals surface area contributed by atoms with Crippen molar-refractivity contribution in [2.45, 2.75) is 0 Å². The van der Waals surface area contributed by atoms with E-state index in [4.69, 9.17) is 11.0 Å². The van der Waals surface area contributed by atoms with Gasteiger partial charge < -0.3 is 5.73 Å². The van der Waals surface area contributed by atoms with E-state index in [9.17, 15) is 0 Å². The molecule has 0 aliphatic carbocycles. The second-order valence-electron chi connectivity index (χ2n) is 2.08. The van der Waals surface area contributed by atoms with Crippen molar-refractivity contribution in [3.63, 3.8) is 0 Å². The minimum absolute atomic E-state index is 0.622. The molecular formula is C8H8N4. The molecular weight excluding hydrogens is 152 g/mol. The van der Waals surface area contributed by atoms with Crippen LogP contribution in [0.2, 0.25) is 0 Å². The normalized spacial score (nSPS) is 9.58. The summed E-state index contributed by atoms with van der Waals surface area (Å²) in [4.78, 5) is 0. The SMILES string of the molecule is N#Cc1ccc(N/N=C/N)cc1. The first kappa shape index (κ1) is 8.08. The highest BCUT2D eigenvalue weighted by molar-refractivity contribution is 5.55. The molecule has 4 heteroatoms. The number of nitriles is 1. The fraction of sp³-hybridized carbons (Fsp3) is 0. The molecule has 0 saturated heterocycles. The van der Waals surface area contributed by atoms with E-state index in [2.05, 4.69) is 10.5 Å². The third-order valence-electron chi connectivity index (χ3n) is 1.28. The van der Waals surface area contributed by atoms with Crippen molar-refractivity contribution in [1.29, 1.82) is 5.26 Å². The maximum Gasteiger partial charge on any atom is 0.106 e. The van der Waals surface area contributed by atoms with Crippen LogP contribution in [0.5, 0.6) is 0 Å². The van der Waals surface area contributed by atoms with E-state index >= 15 is 0 Å². The quantitative estimate of drug-likeness (QED) is 0.383. The summed E-state index contributed by atoms with van der Waals surface area (Å²) in [6, 6.07) is 8.94. The predicted octanol–water partition coefficient (Wildman–Crippen LogP) is 0.872. The number of benzene rings is 1. The molecule has 1 aromatic rings. The Labute approximate surface area is 70.3 Å². The van der Waals surface area contributed by atoms with Crippen LogP contribution in [-0.2, 0) is 0 Å². The lowest BCUT2D eigenvalue weighted by Gasteiger charge is -1.97. The van der Waals surface area contributed by atoms with Crippen LogP contribution in [-0.4, -0.2) is 6.34 Å². The number of hydrazone groups is 1. The summed E-state index contributed by atoms with van der Waals surface area (Å²) in [6.45, 7) is 0. The Hall–Kier alpha value is -2.02. The van der Waals surface area contributed by atoms with Crippen LogP contribution in [0.4, 0.5) is 5.69 Å². The van der Waals surface area contributed by atoms with E-state index in [1.165, 1.54) is 0 Å². The Morgan fingerprint density at radius 2 is 2.08 bits per heavy atom. The molecule has 0 atom stereocenters. The predicted molar refractivity (Wildman–Crippen MR) is 47.5 cm³/mol. The lowest BCUT2D eigenvalue weighted by Crippen LogP contribution is -1.94. The zero-order valence-corrected chi connectivity index (χ0v) is 6.36. The maximum atomic E-state index is 8.48. The monoisotopic (exact) mass is 160 g/mol. The Bertz CT molecular complexity index is 307. The molecule has 60 valence electrons. The zero-order chi connectivity index (χ0) is 8.81. The van der Waals surface area contributed by atoms with Crippen LogP contribution in [0.3, 0.4) is 0 Å². The van der Waals surface area contributed by atoms with Gasteiger partial charge in [-0.1, -0.05) is 0 Å². The molecule has 0 unspecified atom stereocenters. The number of anilines is 1. The van der Waals surface area contributed by atoms with Gasteiger partial charge >= 0.3 is 0 Å². The molecule has 0 aliphatic heterocycles. The van der Waals surface area contributed by atoms with Gasteiger partial charge in [0.25, 0.3) is 0 Å². The lowest BCUT2D eigenvalue weighted by molar-refractivity contribution is 1.34. The highest BCUT2D eigenvalue weighted by Crippen LogP contribution is 2.07. The summed E-state index contributed by atoms with van der Waals surface area (Å²) in [6.07, 6.45) is 1.16. The largest absolute Gasteiger partial charge is 0.388 e. The summed E-state index contributed by atoms with van der Waals surface area (Å²) in [7, 11) is 0. The average molecular weight is 160 g/mol. The summed E-state index contributed by atoms with van der Waals surface area (Å²) < 4.78 is 0. The molecule has 0 heterocycles. The van der Waals surface area contributed by atoms with Crippen LogP contribution in [0.25, 0.3) is 0 Å². The molecule has 1 aromatic carbocycles. The van der Waals surface area contributed by atoms with E-state index < -0.39 is 0 Å². The highest BCUT2D eigenvalue weighted by Gasteiger charge is 1.89. The minimum Gasteiger partial charge on any atom is -0.388 e. The van der Waals surface area contributed by atoms with Crippen LogP contribution in [0.1, 0.15) is 5.56 Å². The number of nitrogens with two attached hydrogens (primary N) is 1. The van der Waals surface area contributed by atoms with E-state index in [0.29, 0.717) is 5.56 Å². The van der Waals surface area contributed by atoms with Gasteiger partial charge in [-0.15, -0.1) is 0 Å². The zero-order valence-electron chi connectivity index (χ0n) is 6.36. The minimum atomic E-state index is 0.622. The fourth-order valence-electron chi connectivity index (χ4n) is 0.731. The molecule has 3 N–H and O–H groups in total. The summed E-state index contributed by atoms with van der Waals surface area (Å²) in [5.74, 6) is 0. The molecule has 4 nitrogen and oxygen atoms in total. The number of rotatable bonds is 2. The summed E-state index contributed by atoms with van der Waals surface area (Å²) in [5, 5.41) is 12.1. The molecule has 0 saturated carbocycles. The Morgan fingerprint density at radius 3 is 2.58 bits per heavy atom. The maximum absolute atomic E-state index is 8.48. The first-order chi connectivity index (χ1) is 5.86. The number of nitrogens with one attached hydrogen (secondary N) is 1. The van der Waals surface area contributed by atoms with Crippen molar-refractivity contribution in [3.8, 4) is 6.07 Å². The van der Waals surface area contributed by atoms with E-state index in [0.717, 1.165) is 12.0 Å². The van der Waals surface area contributed by atoms with Gasteiger partial charge in [-0.3, -0.25) is 5.43 Å². The molecule has 0 bridgehead atoms. The number of hydrogen-bond donors (Lipinski definition) is 2. The van der Waals surface area contributed by atoms with Gasteiger partial charge in [0.15, 0.2) is 0 Å². The van der Waals surface area contributed by atoms with Crippen LogP contribution >= 0.6 is 0 Å². The van der Waals surface area contributed by atoms with Gasteiger partial charge in [0.1, 0.15) is 6.34 Å². The number of nitrogens with zero attached hydrogens (tertiary/aromatic N) is 2. The summed E-state index contributed by atoms with van der Waals surface area (Å²) >= 11 is 0. The van der Waals surface area contributed by atoms with Gasteiger partial charge in [-0.25, -0.2) is 0 Å². The topological polar surface area (TPSA) is 74.2 Å². The Balaban J connectivity index is 2.73. The molecule has 0 spiro atoms. The first-order valence-electron chi connectivity index (χ1n) is 3.36. The van der Waals surface area contributed by atoms with Crippen molar-refractivity contribution in [1.82, 2.24) is 0 Å². The Kier molecular flexibility index (Phi) is 2.68. The standard InChI is InChI=1S/C8H8N4/c9-5-7-1-3-8(4-2-7)12-11-6-10/h1-4,6,12H,(H2,10,11). The van der Waals surface area contributed by atoms with Crippen LogP contribution in [0.15, 0.2) is 29.4 Å². The van der Waals surface area contributed by atoms with Gasteiger partial charge in [-0.2, -0.15) is 10.4 Å². The smallest absolute Gasteiger partial charge is 0.106 e. The van der Waals surface area contributed by atoms with Crippen LogP contribution < -0.4 is 11.2 Å². The molecule has 0 amide bonds. The fourth-order valence-corrected chi connectivity index (χ4v) is 0.731. The van der Waals surface area contributed by atoms with Gasteiger partial charge in [0.05, 0.1) is 17.3 Å². The first-order valence-corrected chi connectivity index (χ1v) is 3.36. The Morgan fingerprint density at radius 1 is 1.42 bits per heavy atom. The van der Waals surface area contributed by atoms with Crippen LogP contribution in [0, 0.1) is 11.3 Å². The second-order valence-corrected chi connectivity index (χ2v) is 2.08.